The summed E-state index contributed by atoms with van der Waals surface area (Å²) in [4.78, 5) is 16.7. The first-order valence-electron chi connectivity index (χ1n) is 9.51. The number of nitriles is 1. The monoisotopic (exact) mass is 394 g/mol. The molecule has 0 saturated carbocycles. The number of carbonyl (C=O) groups excluding carboxylic acids is 1. The van der Waals surface area contributed by atoms with Crippen molar-refractivity contribution in [3.8, 4) is 6.07 Å². The highest BCUT2D eigenvalue weighted by molar-refractivity contribution is 6.30. The second-order valence-electron chi connectivity index (χ2n) is 6.84. The first kappa shape index (κ1) is 19.9. The molecule has 144 valence electrons. The lowest BCUT2D eigenvalue weighted by molar-refractivity contribution is -0.117. The predicted molar refractivity (Wildman–Crippen MR) is 111 cm³/mol. The van der Waals surface area contributed by atoms with E-state index in [1.165, 1.54) is 30.2 Å². The van der Waals surface area contributed by atoms with Gasteiger partial charge in [0.1, 0.15) is 17.5 Å². The number of anilines is 1. The lowest BCUT2D eigenvalue weighted by atomic mass is 9.88. The average molecular weight is 395 g/mol. The van der Waals surface area contributed by atoms with Gasteiger partial charge < -0.3 is 10.6 Å². The van der Waals surface area contributed by atoms with Crippen LogP contribution in [0.4, 0.5) is 5.82 Å². The summed E-state index contributed by atoms with van der Waals surface area (Å²) in [6.07, 6.45) is 8.32. The lowest BCUT2D eigenvalue weighted by Crippen LogP contribution is -2.29. The summed E-state index contributed by atoms with van der Waals surface area (Å²) >= 11 is 5.92. The minimum absolute atomic E-state index is 0.0156. The molecule has 3 rings (SSSR count). The van der Waals surface area contributed by atoms with Gasteiger partial charge >= 0.3 is 0 Å². The average Bonchev–Trinajstić information content (AvgIpc) is 2.72. The fourth-order valence-electron chi connectivity index (χ4n) is 3.41. The molecule has 1 aliphatic rings. The Balaban J connectivity index is 1.71. The minimum Gasteiger partial charge on any atom is -0.345 e. The molecule has 0 radical (unpaired) electrons. The van der Waals surface area contributed by atoms with E-state index in [4.69, 9.17) is 11.6 Å². The number of carbonyl (C=O) groups is 1. The number of pyridine rings is 1. The normalized spacial score (nSPS) is 14.5. The molecule has 0 saturated heterocycles. The van der Waals surface area contributed by atoms with Crippen molar-refractivity contribution < 1.29 is 4.79 Å². The van der Waals surface area contributed by atoms with E-state index in [-0.39, 0.29) is 11.6 Å². The molecular weight excluding hydrogens is 372 g/mol. The van der Waals surface area contributed by atoms with Crippen LogP contribution in [0.15, 0.2) is 48.3 Å². The number of nitrogens with one attached hydrogen (secondary N) is 2. The molecule has 0 bridgehead atoms. The van der Waals surface area contributed by atoms with Gasteiger partial charge in [-0.15, -0.1) is 0 Å². The summed E-state index contributed by atoms with van der Waals surface area (Å²) in [6.45, 7) is 2.02. The number of aryl methyl sites for hydroxylation is 2. The van der Waals surface area contributed by atoms with Crippen LogP contribution in [-0.2, 0) is 17.6 Å². The zero-order valence-electron chi connectivity index (χ0n) is 15.8. The molecule has 5 nitrogen and oxygen atoms in total. The number of benzene rings is 1. The fraction of sp³-hybridized carbons (Fsp3) is 0.318. The highest BCUT2D eigenvalue weighted by Gasteiger charge is 2.18. The number of nitrogens with zero attached hydrogens (tertiary/aromatic N) is 2. The van der Waals surface area contributed by atoms with Gasteiger partial charge in [-0.05, 0) is 60.9 Å². The van der Waals surface area contributed by atoms with E-state index >= 15 is 0 Å². The van der Waals surface area contributed by atoms with E-state index in [1.807, 2.05) is 13.0 Å². The molecule has 1 aliphatic carbocycles. The molecule has 6 heteroatoms. The number of hydrogen-bond acceptors (Lipinski definition) is 4. The molecule has 1 amide bonds. The zero-order valence-corrected chi connectivity index (χ0v) is 16.6. The molecule has 1 atom stereocenters. The third kappa shape index (κ3) is 4.90. The SMILES string of the molecule is CCC(NC(=O)/C(C#N)=C\Nc1cc(Cl)ccn1)c1ccc2c(c1)CCCC2. The van der Waals surface area contributed by atoms with Gasteiger partial charge in [0.15, 0.2) is 0 Å². The number of hydrogen-bond donors (Lipinski definition) is 2. The van der Waals surface area contributed by atoms with Crippen LogP contribution in [0, 0.1) is 11.3 Å². The summed E-state index contributed by atoms with van der Waals surface area (Å²) in [5.41, 5.74) is 3.85. The van der Waals surface area contributed by atoms with Crippen molar-refractivity contribution in [1.29, 1.82) is 5.26 Å². The van der Waals surface area contributed by atoms with Crippen molar-refractivity contribution >= 4 is 23.3 Å². The highest BCUT2D eigenvalue weighted by atomic mass is 35.5. The van der Waals surface area contributed by atoms with Gasteiger partial charge in [-0.3, -0.25) is 4.79 Å². The van der Waals surface area contributed by atoms with Crippen molar-refractivity contribution in [3.05, 3.63) is 70.0 Å². The van der Waals surface area contributed by atoms with Crippen molar-refractivity contribution in [2.45, 2.75) is 45.1 Å². The topological polar surface area (TPSA) is 77.8 Å². The Morgan fingerprint density at radius 1 is 1.29 bits per heavy atom. The Morgan fingerprint density at radius 2 is 2.07 bits per heavy atom. The first-order valence-corrected chi connectivity index (χ1v) is 9.89. The van der Waals surface area contributed by atoms with Crippen LogP contribution in [0.3, 0.4) is 0 Å². The van der Waals surface area contributed by atoms with Crippen LogP contribution >= 0.6 is 11.6 Å². The quantitative estimate of drug-likeness (QED) is 0.549. The van der Waals surface area contributed by atoms with Gasteiger partial charge in [-0.1, -0.05) is 36.7 Å². The molecule has 0 spiro atoms. The third-order valence-electron chi connectivity index (χ3n) is 4.94. The highest BCUT2D eigenvalue weighted by Crippen LogP contribution is 2.26. The van der Waals surface area contributed by atoms with Gasteiger partial charge in [0.05, 0.1) is 6.04 Å². The van der Waals surface area contributed by atoms with Crippen molar-refractivity contribution in [2.75, 3.05) is 5.32 Å². The summed E-state index contributed by atoms with van der Waals surface area (Å²) in [5.74, 6) is 0.0522. The summed E-state index contributed by atoms with van der Waals surface area (Å²) in [5, 5.41) is 15.7. The Morgan fingerprint density at radius 3 is 2.79 bits per heavy atom. The second kappa shape index (κ2) is 9.38. The van der Waals surface area contributed by atoms with Crippen molar-refractivity contribution in [1.82, 2.24) is 10.3 Å². The minimum atomic E-state index is -0.415. The van der Waals surface area contributed by atoms with Crippen LogP contribution in [0.1, 0.15) is 48.9 Å². The number of aromatic nitrogens is 1. The van der Waals surface area contributed by atoms with Crippen LogP contribution < -0.4 is 10.6 Å². The fourth-order valence-corrected chi connectivity index (χ4v) is 3.57. The van der Waals surface area contributed by atoms with Crippen molar-refractivity contribution in [3.63, 3.8) is 0 Å². The molecule has 1 heterocycles. The van der Waals surface area contributed by atoms with Crippen LogP contribution in [0.25, 0.3) is 0 Å². The lowest BCUT2D eigenvalue weighted by Gasteiger charge is -2.21. The van der Waals surface area contributed by atoms with Gasteiger partial charge in [-0.25, -0.2) is 4.98 Å². The summed E-state index contributed by atoms with van der Waals surface area (Å²) in [7, 11) is 0. The molecule has 0 fully saturated rings. The van der Waals surface area contributed by atoms with Gasteiger partial charge in [0.2, 0.25) is 0 Å². The first-order chi connectivity index (χ1) is 13.6. The van der Waals surface area contributed by atoms with E-state index in [0.717, 1.165) is 24.8 Å². The molecule has 1 unspecified atom stereocenters. The van der Waals surface area contributed by atoms with Crippen molar-refractivity contribution in [2.24, 2.45) is 0 Å². The maximum absolute atomic E-state index is 12.6. The number of amides is 1. The smallest absolute Gasteiger partial charge is 0.263 e. The number of fused-ring (bicyclic) bond motifs is 1. The van der Waals surface area contributed by atoms with Crippen LogP contribution in [0.2, 0.25) is 5.02 Å². The molecule has 2 N–H and O–H groups in total. The summed E-state index contributed by atoms with van der Waals surface area (Å²) < 4.78 is 0. The molecular formula is C22H23ClN4O. The molecule has 0 aliphatic heterocycles. The Bertz CT molecular complexity index is 932. The van der Waals surface area contributed by atoms with E-state index < -0.39 is 5.91 Å². The molecule has 1 aromatic carbocycles. The van der Waals surface area contributed by atoms with Crippen LogP contribution in [-0.4, -0.2) is 10.9 Å². The largest absolute Gasteiger partial charge is 0.345 e. The van der Waals surface area contributed by atoms with E-state index in [0.29, 0.717) is 10.8 Å². The van der Waals surface area contributed by atoms with E-state index in [1.54, 1.807) is 18.3 Å². The van der Waals surface area contributed by atoms with Gasteiger partial charge in [0, 0.05) is 17.4 Å². The Hall–Kier alpha value is -2.84. The number of halogens is 1. The van der Waals surface area contributed by atoms with E-state index in [2.05, 4.69) is 33.8 Å². The van der Waals surface area contributed by atoms with Gasteiger partial charge in [0.25, 0.3) is 5.91 Å². The zero-order chi connectivity index (χ0) is 19.9. The number of rotatable bonds is 6. The maximum atomic E-state index is 12.6. The Kier molecular flexibility index (Phi) is 6.67. The second-order valence-corrected chi connectivity index (χ2v) is 7.28. The Labute approximate surface area is 170 Å². The van der Waals surface area contributed by atoms with E-state index in [9.17, 15) is 10.1 Å². The van der Waals surface area contributed by atoms with Crippen LogP contribution in [0.5, 0.6) is 0 Å². The standard InChI is InChI=1S/C22H23ClN4O/c1-2-20(17-8-7-15-5-3-4-6-16(15)11-17)27-22(28)18(13-24)14-26-21-12-19(23)9-10-25-21/h7-12,14,20H,2-6H2,1H3,(H,25,26)(H,27,28)/b18-14-. The summed E-state index contributed by atoms with van der Waals surface area (Å²) in [6, 6.07) is 11.5. The maximum Gasteiger partial charge on any atom is 0.263 e. The molecule has 1 aromatic heterocycles. The predicted octanol–water partition coefficient (Wildman–Crippen LogP) is 4.70. The third-order valence-corrected chi connectivity index (χ3v) is 5.18. The molecule has 2 aromatic rings. The van der Waals surface area contributed by atoms with Gasteiger partial charge in [-0.2, -0.15) is 5.26 Å². The molecule has 28 heavy (non-hydrogen) atoms.